The highest BCUT2D eigenvalue weighted by atomic mass is 16.5. The fraction of sp³-hybridized carbons (Fsp3) is 0.778. The number of Topliss-reactive ketones (excluding diaryl/α,β-unsaturated/α-hetero) is 1. The minimum Gasteiger partial charge on any atom is -0.465 e. The Balaban J connectivity index is 4.15. The summed E-state index contributed by atoms with van der Waals surface area (Å²) in [7, 11) is 1.43. The molecular weight excluding hydrogens is 172 g/mol. The summed E-state index contributed by atoms with van der Waals surface area (Å²) in [6.45, 7) is 3.76. The highest BCUT2D eigenvalue weighted by Crippen LogP contribution is 2.07. The summed E-state index contributed by atoms with van der Waals surface area (Å²) < 4.78 is 9.40. The van der Waals surface area contributed by atoms with E-state index in [1.54, 1.807) is 13.8 Å². The van der Waals surface area contributed by atoms with Crippen LogP contribution in [0, 0.1) is 5.92 Å². The Morgan fingerprint density at radius 3 is 2.31 bits per heavy atom. The van der Waals surface area contributed by atoms with Crippen molar-refractivity contribution < 1.29 is 19.1 Å². The van der Waals surface area contributed by atoms with Crippen molar-refractivity contribution in [3.8, 4) is 0 Å². The van der Waals surface area contributed by atoms with Crippen LogP contribution in [0.1, 0.15) is 20.3 Å². The van der Waals surface area contributed by atoms with Crippen molar-refractivity contribution in [2.75, 3.05) is 20.3 Å². The summed E-state index contributed by atoms with van der Waals surface area (Å²) in [5.41, 5.74) is 0. The van der Waals surface area contributed by atoms with E-state index in [1.165, 1.54) is 7.11 Å². The van der Waals surface area contributed by atoms with Crippen molar-refractivity contribution in [2.24, 2.45) is 5.92 Å². The lowest BCUT2D eigenvalue weighted by molar-refractivity contribution is -0.152. The Morgan fingerprint density at radius 2 is 1.92 bits per heavy atom. The number of rotatable bonds is 6. The molecule has 0 bridgehead atoms. The SMILES string of the molecule is CCOC(=O)[C@@H](CC)C(=O)COC. The number of carbonyl (C=O) groups excluding carboxylic acids is 2. The second kappa shape index (κ2) is 6.60. The van der Waals surface area contributed by atoms with E-state index in [0.29, 0.717) is 13.0 Å². The van der Waals surface area contributed by atoms with Crippen LogP contribution in [0.3, 0.4) is 0 Å². The van der Waals surface area contributed by atoms with Gasteiger partial charge in [0.2, 0.25) is 0 Å². The quantitative estimate of drug-likeness (QED) is 0.457. The van der Waals surface area contributed by atoms with Gasteiger partial charge in [-0.05, 0) is 13.3 Å². The Kier molecular flexibility index (Phi) is 6.14. The molecule has 0 aromatic heterocycles. The molecule has 0 aliphatic carbocycles. The molecule has 0 rings (SSSR count). The molecule has 1 atom stereocenters. The monoisotopic (exact) mass is 188 g/mol. The predicted octanol–water partition coefficient (Wildman–Crippen LogP) is 0.791. The molecule has 76 valence electrons. The molecule has 0 unspecified atom stereocenters. The standard InChI is InChI=1S/C9H16O4/c1-4-7(8(10)6-12-3)9(11)13-5-2/h7H,4-6H2,1-3H3/t7-/m0/s1. The highest BCUT2D eigenvalue weighted by Gasteiger charge is 2.25. The highest BCUT2D eigenvalue weighted by molar-refractivity contribution is 5.99. The summed E-state index contributed by atoms with van der Waals surface area (Å²) >= 11 is 0. The molecule has 0 N–H and O–H groups in total. The number of methoxy groups -OCH3 is 1. The lowest BCUT2D eigenvalue weighted by Crippen LogP contribution is -2.28. The van der Waals surface area contributed by atoms with E-state index in [4.69, 9.17) is 4.74 Å². The summed E-state index contributed by atoms with van der Waals surface area (Å²) in [6, 6.07) is 0. The normalized spacial score (nSPS) is 12.2. The van der Waals surface area contributed by atoms with E-state index in [-0.39, 0.29) is 12.4 Å². The molecule has 0 aliphatic rings. The topological polar surface area (TPSA) is 52.6 Å². The van der Waals surface area contributed by atoms with Gasteiger partial charge >= 0.3 is 5.97 Å². The van der Waals surface area contributed by atoms with E-state index in [0.717, 1.165) is 0 Å². The van der Waals surface area contributed by atoms with Crippen LogP contribution in [0.2, 0.25) is 0 Å². The van der Waals surface area contributed by atoms with Crippen LogP contribution in [0.4, 0.5) is 0 Å². The van der Waals surface area contributed by atoms with Crippen LogP contribution in [-0.4, -0.2) is 32.1 Å². The van der Waals surface area contributed by atoms with Gasteiger partial charge in [0.05, 0.1) is 6.61 Å². The van der Waals surface area contributed by atoms with Crippen LogP contribution in [0.25, 0.3) is 0 Å². The van der Waals surface area contributed by atoms with E-state index < -0.39 is 11.9 Å². The third-order valence-electron chi connectivity index (χ3n) is 1.65. The molecule has 0 aromatic carbocycles. The van der Waals surface area contributed by atoms with Crippen molar-refractivity contribution in [3.05, 3.63) is 0 Å². The molecule has 0 aromatic rings. The first-order valence-electron chi connectivity index (χ1n) is 4.35. The lowest BCUT2D eigenvalue weighted by Gasteiger charge is -2.11. The van der Waals surface area contributed by atoms with Gasteiger partial charge in [-0.25, -0.2) is 0 Å². The van der Waals surface area contributed by atoms with E-state index >= 15 is 0 Å². The Labute approximate surface area is 78.2 Å². The van der Waals surface area contributed by atoms with Crippen molar-refractivity contribution >= 4 is 11.8 Å². The van der Waals surface area contributed by atoms with Crippen LogP contribution >= 0.6 is 0 Å². The average Bonchev–Trinajstić information content (AvgIpc) is 2.06. The zero-order valence-electron chi connectivity index (χ0n) is 8.33. The van der Waals surface area contributed by atoms with Gasteiger partial charge in [-0.15, -0.1) is 0 Å². The van der Waals surface area contributed by atoms with Gasteiger partial charge in [-0.3, -0.25) is 9.59 Å². The van der Waals surface area contributed by atoms with E-state index in [2.05, 4.69) is 4.74 Å². The zero-order chi connectivity index (χ0) is 10.3. The van der Waals surface area contributed by atoms with Gasteiger partial charge in [0.1, 0.15) is 12.5 Å². The van der Waals surface area contributed by atoms with Gasteiger partial charge in [0.25, 0.3) is 0 Å². The molecule has 0 spiro atoms. The number of ether oxygens (including phenoxy) is 2. The fourth-order valence-electron chi connectivity index (χ4n) is 1.01. The second-order valence-electron chi connectivity index (χ2n) is 2.61. The van der Waals surface area contributed by atoms with Crippen LogP contribution < -0.4 is 0 Å². The van der Waals surface area contributed by atoms with Crippen molar-refractivity contribution in [3.63, 3.8) is 0 Å². The Bertz CT molecular complexity index is 158. The van der Waals surface area contributed by atoms with Crippen LogP contribution in [-0.2, 0) is 19.1 Å². The minimum absolute atomic E-state index is 0.0304. The lowest BCUT2D eigenvalue weighted by atomic mass is 10.0. The first kappa shape index (κ1) is 12.1. The molecule has 0 heterocycles. The second-order valence-corrected chi connectivity index (χ2v) is 2.61. The first-order chi connectivity index (χ1) is 6.17. The largest absolute Gasteiger partial charge is 0.465 e. The van der Waals surface area contributed by atoms with Crippen LogP contribution in [0.5, 0.6) is 0 Å². The first-order valence-corrected chi connectivity index (χ1v) is 4.35. The molecule has 0 saturated heterocycles. The van der Waals surface area contributed by atoms with Gasteiger partial charge in [-0.2, -0.15) is 0 Å². The molecule has 0 amide bonds. The maximum atomic E-state index is 11.3. The van der Waals surface area contributed by atoms with Crippen molar-refractivity contribution in [1.82, 2.24) is 0 Å². The Hall–Kier alpha value is -0.900. The number of hydrogen-bond donors (Lipinski definition) is 0. The predicted molar refractivity (Wildman–Crippen MR) is 47.3 cm³/mol. The van der Waals surface area contributed by atoms with Crippen molar-refractivity contribution in [2.45, 2.75) is 20.3 Å². The average molecular weight is 188 g/mol. The molecule has 0 saturated carbocycles. The third-order valence-corrected chi connectivity index (χ3v) is 1.65. The van der Waals surface area contributed by atoms with Gasteiger partial charge < -0.3 is 9.47 Å². The summed E-state index contributed by atoms with van der Waals surface area (Å²) in [4.78, 5) is 22.5. The summed E-state index contributed by atoms with van der Waals surface area (Å²) in [5, 5.41) is 0. The number of hydrogen-bond acceptors (Lipinski definition) is 4. The number of esters is 1. The molecule has 0 fully saturated rings. The maximum absolute atomic E-state index is 11.3. The molecule has 0 radical (unpaired) electrons. The minimum atomic E-state index is -0.667. The summed E-state index contributed by atoms with van der Waals surface area (Å²) in [5.74, 6) is -1.34. The van der Waals surface area contributed by atoms with Crippen molar-refractivity contribution in [1.29, 1.82) is 0 Å². The van der Waals surface area contributed by atoms with Crippen LogP contribution in [0.15, 0.2) is 0 Å². The molecule has 4 heteroatoms. The van der Waals surface area contributed by atoms with Gasteiger partial charge in [0.15, 0.2) is 5.78 Å². The molecule has 0 aliphatic heterocycles. The van der Waals surface area contributed by atoms with E-state index in [9.17, 15) is 9.59 Å². The zero-order valence-corrected chi connectivity index (χ0v) is 8.33. The van der Waals surface area contributed by atoms with E-state index in [1.807, 2.05) is 0 Å². The molecular formula is C9H16O4. The summed E-state index contributed by atoms with van der Waals surface area (Å²) in [6.07, 6.45) is 0.459. The smallest absolute Gasteiger partial charge is 0.316 e. The molecule has 13 heavy (non-hydrogen) atoms. The van der Waals surface area contributed by atoms with Gasteiger partial charge in [0, 0.05) is 7.11 Å². The third kappa shape index (κ3) is 4.03. The number of ketones is 1. The van der Waals surface area contributed by atoms with Gasteiger partial charge in [-0.1, -0.05) is 6.92 Å². The maximum Gasteiger partial charge on any atom is 0.316 e. The fourth-order valence-corrected chi connectivity index (χ4v) is 1.01. The number of carbonyl (C=O) groups is 2. The molecule has 4 nitrogen and oxygen atoms in total. The Morgan fingerprint density at radius 1 is 1.31 bits per heavy atom.